The van der Waals surface area contributed by atoms with Gasteiger partial charge in [0.15, 0.2) is 26.4 Å². The summed E-state index contributed by atoms with van der Waals surface area (Å²) in [6.45, 7) is -2.56. The Morgan fingerprint density at radius 3 is 0.508 bits per heavy atom. The van der Waals surface area contributed by atoms with Crippen LogP contribution in [0, 0.1) is 0 Å². The molecule has 4 aromatic carbocycles. The Hall–Kier alpha value is -15.8. The second kappa shape index (κ2) is 46.3. The van der Waals surface area contributed by atoms with Crippen molar-refractivity contribution in [3.05, 3.63) is 144 Å². The average molecular weight is 1830 g/mol. The maximum atomic E-state index is 11.8. The molecule has 0 atom stereocenters. The lowest BCUT2D eigenvalue weighted by atomic mass is 9.84. The predicted octanol–water partition coefficient (Wildman–Crippen LogP) is 14.0. The molecule has 0 unspecified atom stereocenters. The van der Waals surface area contributed by atoms with Crippen LogP contribution in [0.25, 0.3) is 90.9 Å². The van der Waals surface area contributed by atoms with Crippen molar-refractivity contribution in [3.8, 4) is 67.5 Å². The van der Waals surface area contributed by atoms with Gasteiger partial charge in [0.25, 0.3) is 0 Å². The number of carboxylic acid groups (broad SMARTS) is 12. The molecule has 0 saturated carbocycles. The van der Waals surface area contributed by atoms with Gasteiger partial charge in [0.2, 0.25) is 23.6 Å². The zero-order valence-electron chi connectivity index (χ0n) is 71.0. The van der Waals surface area contributed by atoms with Gasteiger partial charge in [-0.1, -0.05) is 48.5 Å². The Labute approximate surface area is 750 Å². The minimum Gasteiger partial charge on any atom is -0.494 e. The molecular formula is C92H98N8O32. The number of aromatic nitrogens is 4. The number of benzene rings is 4. The third-order valence-corrected chi connectivity index (χ3v) is 21.9. The summed E-state index contributed by atoms with van der Waals surface area (Å²) in [6.07, 6.45) is -3.28. The molecule has 5 heterocycles. The van der Waals surface area contributed by atoms with E-state index in [1.54, 1.807) is 146 Å². The predicted molar refractivity (Wildman–Crippen MR) is 476 cm³/mol. The van der Waals surface area contributed by atoms with Gasteiger partial charge in [0.1, 0.15) is 23.0 Å². The maximum Gasteiger partial charge on any atom is 0.303 e. The summed E-state index contributed by atoms with van der Waals surface area (Å²) in [5.41, 5.74) is 0.467. The van der Waals surface area contributed by atoms with Gasteiger partial charge in [-0.15, -0.1) is 0 Å². The van der Waals surface area contributed by atoms with Crippen LogP contribution in [0.15, 0.2) is 141 Å². The summed E-state index contributed by atoms with van der Waals surface area (Å²) in [4.78, 5) is 177. The minimum absolute atomic E-state index is 0.150. The Morgan fingerprint density at radius 2 is 0.371 bits per heavy atom. The molecule has 7 aromatic rings. The summed E-state index contributed by atoms with van der Waals surface area (Å²) < 4.78 is 24.1. The van der Waals surface area contributed by atoms with Crippen molar-refractivity contribution in [2.45, 2.75) is 176 Å². The maximum absolute atomic E-state index is 11.8. The molecule has 0 fully saturated rings. The van der Waals surface area contributed by atoms with Crippen molar-refractivity contribution in [3.63, 3.8) is 0 Å². The highest BCUT2D eigenvalue weighted by molar-refractivity contribution is 6.00. The van der Waals surface area contributed by atoms with Crippen LogP contribution in [0.3, 0.4) is 0 Å². The number of aromatic amines is 2. The molecule has 0 radical (unpaired) electrons. The summed E-state index contributed by atoms with van der Waals surface area (Å²) in [7, 11) is 0. The molecular weight excluding hydrogens is 1730 g/mol. The van der Waals surface area contributed by atoms with Crippen molar-refractivity contribution < 1.29 is 158 Å². The molecule has 40 heteroatoms. The van der Waals surface area contributed by atoms with Crippen LogP contribution < -0.4 is 18.9 Å². The number of aliphatic imine (C=N–C) groups is 4. The first-order chi connectivity index (χ1) is 62.7. The Balaban J connectivity index is 1.24. The molecule has 0 aliphatic carbocycles. The zero-order valence-corrected chi connectivity index (χ0v) is 71.0. The van der Waals surface area contributed by atoms with Gasteiger partial charge in [-0.2, -0.15) is 0 Å². The number of rotatable bonds is 56. The molecule has 0 spiro atoms. The van der Waals surface area contributed by atoms with Gasteiger partial charge >= 0.3 is 71.6 Å². The average Bonchev–Trinajstić information content (AvgIpc) is 1.61. The van der Waals surface area contributed by atoms with Crippen LogP contribution in [-0.4, -0.2) is 245 Å². The van der Waals surface area contributed by atoms with E-state index in [9.17, 15) is 139 Å². The summed E-state index contributed by atoms with van der Waals surface area (Å²) in [5, 5.41) is 161. The SMILES string of the molecule is O=C(O)CCC(CCC(=O)O)(CCC(=O)O)N=C(O)COc1ccc(-c2c3nc(c(-c4ccc(OCC(O)=NC(CCC(=O)O)(CCC(=O)O)CCC(=O)O)cc4)c4ccc([nH]4)c(-c4ccc(OCC(O)=NC(CCC(=O)O)(CCC(=O)O)CCC(=O)O)cc4)c4nc(c(-c5ccc(OCC(O)=NC(CCC(=O)O)(CCC(=O)O)CCC(=O)O)cc5)c5ccc2[nH]5)C=C4)C=C3)cc1. The zero-order chi connectivity index (χ0) is 96.0. The highest BCUT2D eigenvalue weighted by atomic mass is 16.5. The van der Waals surface area contributed by atoms with E-state index in [4.69, 9.17) is 28.9 Å². The first-order valence-corrected chi connectivity index (χ1v) is 41.5. The monoisotopic (exact) mass is 1830 g/mol. The quantitative estimate of drug-likeness (QED) is 0.0124. The first kappa shape index (κ1) is 100.0. The number of aliphatic hydroxyl groups excluding tert-OH is 4. The van der Waals surface area contributed by atoms with Crippen LogP contribution in [0.2, 0.25) is 0 Å². The van der Waals surface area contributed by atoms with E-state index in [1.807, 2.05) is 0 Å². The van der Waals surface area contributed by atoms with Gasteiger partial charge in [-0.05, 0) is 196 Å². The molecule has 3 aromatic heterocycles. The Bertz CT molecular complexity index is 4930. The van der Waals surface area contributed by atoms with Gasteiger partial charge in [-0.25, -0.2) is 29.9 Å². The third-order valence-electron chi connectivity index (χ3n) is 21.9. The fourth-order valence-corrected chi connectivity index (χ4v) is 15.4. The topological polar surface area (TPSA) is 672 Å². The fraction of sp³-hybridized carbons (Fsp3) is 0.348. The van der Waals surface area contributed by atoms with Crippen LogP contribution in [0.1, 0.15) is 177 Å². The van der Waals surface area contributed by atoms with Crippen LogP contribution >= 0.6 is 0 Å². The summed E-state index contributed by atoms with van der Waals surface area (Å²) in [5.74, 6) is -17.5. The number of H-pyrrole nitrogens is 2. The van der Waals surface area contributed by atoms with Gasteiger partial charge < -0.3 is 111 Å². The molecule has 18 N–H and O–H groups in total. The molecule has 9 rings (SSSR count). The van der Waals surface area contributed by atoms with Crippen LogP contribution in [-0.2, 0) is 57.5 Å². The molecule has 0 saturated heterocycles. The number of nitrogens with one attached hydrogen (secondary N) is 2. The normalized spacial score (nSPS) is 12.5. The number of ether oxygens (including phenoxy) is 4. The third kappa shape index (κ3) is 30.2. The molecule has 0 amide bonds. The summed E-state index contributed by atoms with van der Waals surface area (Å²) in [6, 6.07) is 33.0. The molecule has 132 heavy (non-hydrogen) atoms. The number of aliphatic hydroxyl groups is 4. The van der Waals surface area contributed by atoms with Crippen LogP contribution in [0.4, 0.5) is 0 Å². The molecule has 8 bridgehead atoms. The van der Waals surface area contributed by atoms with Crippen molar-refractivity contribution in [2.24, 2.45) is 20.0 Å². The van der Waals surface area contributed by atoms with E-state index in [1.165, 1.54) is 0 Å². The minimum atomic E-state index is -1.63. The number of fused-ring (bicyclic) bond motifs is 8. The van der Waals surface area contributed by atoms with Crippen molar-refractivity contribution in [1.29, 1.82) is 0 Å². The van der Waals surface area contributed by atoms with E-state index in [-0.39, 0.29) is 100 Å². The molecule has 698 valence electrons. The lowest BCUT2D eigenvalue weighted by Crippen LogP contribution is -2.32. The van der Waals surface area contributed by atoms with Crippen LogP contribution in [0.5, 0.6) is 23.0 Å². The second-order valence-electron chi connectivity index (χ2n) is 31.5. The number of hydrogen-bond donors (Lipinski definition) is 18. The number of aliphatic carboxylic acids is 12. The van der Waals surface area contributed by atoms with E-state index in [0.29, 0.717) is 89.4 Å². The molecule has 2 aliphatic heterocycles. The van der Waals surface area contributed by atoms with Gasteiger partial charge in [-0.3, -0.25) is 57.5 Å². The van der Waals surface area contributed by atoms with Crippen molar-refractivity contribution >= 4 is 142 Å². The van der Waals surface area contributed by atoms with E-state index in [0.717, 1.165) is 0 Å². The summed E-state index contributed by atoms with van der Waals surface area (Å²) >= 11 is 0. The van der Waals surface area contributed by atoms with Crippen molar-refractivity contribution in [1.82, 2.24) is 19.9 Å². The lowest BCUT2D eigenvalue weighted by molar-refractivity contribution is -0.140. The highest BCUT2D eigenvalue weighted by Crippen LogP contribution is 2.42. The highest BCUT2D eigenvalue weighted by Gasteiger charge is 2.38. The smallest absolute Gasteiger partial charge is 0.303 e. The van der Waals surface area contributed by atoms with E-state index >= 15 is 0 Å². The van der Waals surface area contributed by atoms with Gasteiger partial charge in [0, 0.05) is 121 Å². The standard InChI is InChI=1S/C92H98N8O32/c101-69(97-89(37-25-73(105)106,38-26-74(107)108)39-27-75(109)110)49-129-57-9-1-53(2-10-57)85-61-17-19-63(93-61)86(54-3-11-58(12-4-54)130-50-70(102)98-90(40-28-76(111)112,41-29-77(113)114)42-30-78(115)116)65-21-23-67(95-65)88(56-7-15-60(16-8-56)132-52-72(104)100-92(46-34-82(123)124,47-35-83(125)126)48-36-84(127)128)68-24-22-66(96-68)87(64-20-18-62(85)94-64)55-5-13-59(14-6-55)131-51-71(103)99-91(43-31-79(117)118,44-32-80(119)120)45-33-81(121)122/h1-24,93,96H,25-52H2,(H,97,101)(H,98,102)(H,99,103)(H,100,104)(H,105,106)(H,107,108)(H,109,110)(H,111,112)(H,113,114)(H,115,116)(H,117,118)(H,119,120)(H,121,122)(H,123,124)(H,125,126)(H,127,128). The van der Waals surface area contributed by atoms with Gasteiger partial charge in [0.05, 0.1) is 44.9 Å². The largest absolute Gasteiger partial charge is 0.494 e. The molecule has 2 aliphatic rings. The molecule has 40 nitrogen and oxygen atoms in total. The number of hydrogen-bond acceptors (Lipinski definition) is 22. The fourth-order valence-electron chi connectivity index (χ4n) is 15.4. The number of nitrogens with zero attached hydrogens (tertiary/aromatic N) is 6. The van der Waals surface area contributed by atoms with E-state index < -0.39 is 221 Å². The lowest BCUT2D eigenvalue weighted by Gasteiger charge is -2.29. The first-order valence-electron chi connectivity index (χ1n) is 41.5. The second-order valence-corrected chi connectivity index (χ2v) is 31.5. The number of carboxylic acids is 12. The Morgan fingerprint density at radius 1 is 0.227 bits per heavy atom. The Kier molecular flexibility index (Phi) is 35.0. The van der Waals surface area contributed by atoms with Crippen molar-refractivity contribution in [2.75, 3.05) is 26.4 Å². The number of carbonyl (C=O) groups is 12. The van der Waals surface area contributed by atoms with E-state index in [2.05, 4.69) is 29.9 Å².